The van der Waals surface area contributed by atoms with Gasteiger partial charge in [0.15, 0.2) is 5.82 Å². The fourth-order valence-electron chi connectivity index (χ4n) is 2.32. The largest absolute Gasteiger partial charge is 0.344 e. The molecule has 96 valence electrons. The van der Waals surface area contributed by atoms with Crippen molar-refractivity contribution >= 4 is 11.7 Å². The summed E-state index contributed by atoms with van der Waals surface area (Å²) in [4.78, 5) is 4.41. The lowest BCUT2D eigenvalue weighted by atomic mass is 10.0. The minimum Gasteiger partial charge on any atom is -0.344 e. The highest BCUT2D eigenvalue weighted by molar-refractivity contribution is 6.01. The van der Waals surface area contributed by atoms with Gasteiger partial charge in [-0.25, -0.2) is 4.99 Å². The number of nitrogens with zero attached hydrogens (tertiary/aromatic N) is 2. The van der Waals surface area contributed by atoms with Crippen LogP contribution in [0.5, 0.6) is 0 Å². The van der Waals surface area contributed by atoms with E-state index in [0.29, 0.717) is 5.82 Å². The standard InChI is InChI=1S/C15H16N4/c1-9-5-4-6-10(2)15(9)12-8-14(19-18-12)17-13-7-11(3)16-13/h4-8H,1-3H3,(H2,16,17,18,19). The number of hydrogen-bond acceptors (Lipinski definition) is 2. The van der Waals surface area contributed by atoms with Crippen LogP contribution < -0.4 is 5.32 Å². The van der Waals surface area contributed by atoms with Gasteiger partial charge in [-0.15, -0.1) is 0 Å². The van der Waals surface area contributed by atoms with Gasteiger partial charge < -0.3 is 5.32 Å². The minimum absolute atomic E-state index is 0.698. The van der Waals surface area contributed by atoms with Gasteiger partial charge in [0.25, 0.3) is 0 Å². The quantitative estimate of drug-likeness (QED) is 0.862. The monoisotopic (exact) mass is 252 g/mol. The molecule has 0 saturated carbocycles. The average Bonchev–Trinajstić information content (AvgIpc) is 2.75. The number of benzene rings is 1. The maximum Gasteiger partial charge on any atom is 0.176 e. The summed E-state index contributed by atoms with van der Waals surface area (Å²) < 4.78 is 0. The average molecular weight is 252 g/mol. The SMILES string of the molecule is CC1=CC(=Nc2cc(-c3c(C)cccc3C)[nH]n2)N1. The number of aliphatic imine (C=N–C) groups is 1. The normalized spacial score (nSPS) is 15.9. The first-order valence-electron chi connectivity index (χ1n) is 6.29. The second-order valence-electron chi connectivity index (χ2n) is 4.86. The van der Waals surface area contributed by atoms with Crippen molar-refractivity contribution in [3.8, 4) is 11.3 Å². The number of allylic oxidation sites excluding steroid dienone is 1. The van der Waals surface area contributed by atoms with Crippen LogP contribution >= 0.6 is 0 Å². The molecule has 19 heavy (non-hydrogen) atoms. The summed E-state index contributed by atoms with van der Waals surface area (Å²) in [5.74, 6) is 1.56. The molecule has 0 radical (unpaired) electrons. The van der Waals surface area contributed by atoms with Gasteiger partial charge in [-0.1, -0.05) is 18.2 Å². The van der Waals surface area contributed by atoms with E-state index in [0.717, 1.165) is 17.2 Å². The molecule has 2 aromatic rings. The van der Waals surface area contributed by atoms with Crippen molar-refractivity contribution in [2.75, 3.05) is 0 Å². The third kappa shape index (κ3) is 2.17. The lowest BCUT2D eigenvalue weighted by Crippen LogP contribution is -2.29. The third-order valence-corrected chi connectivity index (χ3v) is 3.23. The molecule has 0 fully saturated rings. The molecule has 1 aliphatic rings. The molecule has 3 rings (SSSR count). The molecule has 0 atom stereocenters. The zero-order chi connectivity index (χ0) is 13.4. The molecule has 1 aromatic carbocycles. The Morgan fingerprint density at radius 1 is 1.11 bits per heavy atom. The Morgan fingerprint density at radius 2 is 1.79 bits per heavy atom. The Balaban J connectivity index is 1.96. The number of aromatic nitrogens is 2. The van der Waals surface area contributed by atoms with Crippen LogP contribution in [0.15, 0.2) is 41.0 Å². The minimum atomic E-state index is 0.698. The number of hydrogen-bond donors (Lipinski definition) is 2. The Morgan fingerprint density at radius 3 is 2.42 bits per heavy atom. The number of aryl methyl sites for hydroxylation is 2. The van der Waals surface area contributed by atoms with Gasteiger partial charge >= 0.3 is 0 Å². The highest BCUT2D eigenvalue weighted by Gasteiger charge is 2.11. The third-order valence-electron chi connectivity index (χ3n) is 3.23. The molecule has 1 aromatic heterocycles. The van der Waals surface area contributed by atoms with E-state index >= 15 is 0 Å². The van der Waals surface area contributed by atoms with Gasteiger partial charge in [0.05, 0.1) is 5.69 Å². The number of nitrogens with one attached hydrogen (secondary N) is 2. The molecule has 2 heterocycles. The van der Waals surface area contributed by atoms with Crippen LogP contribution in [0.25, 0.3) is 11.3 Å². The summed E-state index contributed by atoms with van der Waals surface area (Å²) in [5, 5.41) is 10.4. The molecule has 1 aliphatic heterocycles. The van der Waals surface area contributed by atoms with Gasteiger partial charge in [-0.05, 0) is 38.0 Å². The molecule has 4 nitrogen and oxygen atoms in total. The van der Waals surface area contributed by atoms with Crippen molar-refractivity contribution < 1.29 is 0 Å². The van der Waals surface area contributed by atoms with E-state index in [-0.39, 0.29) is 0 Å². The predicted octanol–water partition coefficient (Wildman–Crippen LogP) is 3.23. The summed E-state index contributed by atoms with van der Waals surface area (Å²) in [6.45, 7) is 6.22. The van der Waals surface area contributed by atoms with Crippen LogP contribution in [0.1, 0.15) is 18.1 Å². The number of H-pyrrole nitrogens is 1. The highest BCUT2D eigenvalue weighted by atomic mass is 15.2. The van der Waals surface area contributed by atoms with Crippen LogP contribution in [-0.2, 0) is 0 Å². The van der Waals surface area contributed by atoms with Crippen LogP contribution in [0.2, 0.25) is 0 Å². The molecule has 0 saturated heterocycles. The molecule has 0 bridgehead atoms. The maximum absolute atomic E-state index is 4.41. The molecule has 2 N–H and O–H groups in total. The predicted molar refractivity (Wildman–Crippen MR) is 77.5 cm³/mol. The number of rotatable bonds is 2. The van der Waals surface area contributed by atoms with E-state index in [1.54, 1.807) is 0 Å². The fraction of sp³-hybridized carbons (Fsp3) is 0.200. The van der Waals surface area contributed by atoms with Crippen LogP contribution in [0.3, 0.4) is 0 Å². The van der Waals surface area contributed by atoms with Crippen molar-refractivity contribution in [1.29, 1.82) is 0 Å². The lowest BCUT2D eigenvalue weighted by molar-refractivity contribution is 1.04. The molecule has 0 spiro atoms. The van der Waals surface area contributed by atoms with Crippen molar-refractivity contribution in [2.45, 2.75) is 20.8 Å². The van der Waals surface area contributed by atoms with Gasteiger partial charge in [-0.2, -0.15) is 5.10 Å². The summed E-state index contributed by atoms with van der Waals surface area (Å²) in [7, 11) is 0. The number of aromatic amines is 1. The molecular formula is C15H16N4. The summed E-state index contributed by atoms with van der Waals surface area (Å²) in [6, 6.07) is 8.26. The fourth-order valence-corrected chi connectivity index (χ4v) is 2.32. The van der Waals surface area contributed by atoms with Crippen LogP contribution in [-0.4, -0.2) is 16.0 Å². The van der Waals surface area contributed by atoms with E-state index < -0.39 is 0 Å². The van der Waals surface area contributed by atoms with E-state index in [2.05, 4.69) is 52.6 Å². The molecule has 0 aliphatic carbocycles. The van der Waals surface area contributed by atoms with Crippen molar-refractivity contribution in [2.24, 2.45) is 4.99 Å². The van der Waals surface area contributed by atoms with E-state index in [9.17, 15) is 0 Å². The molecule has 0 unspecified atom stereocenters. The van der Waals surface area contributed by atoms with Gasteiger partial charge in [0.2, 0.25) is 0 Å². The summed E-state index contributed by atoms with van der Waals surface area (Å²) in [6.07, 6.45) is 1.99. The Kier molecular flexibility index (Phi) is 2.71. The molecule has 4 heteroatoms. The van der Waals surface area contributed by atoms with E-state index in [1.807, 2.05) is 19.1 Å². The summed E-state index contributed by atoms with van der Waals surface area (Å²) >= 11 is 0. The smallest absolute Gasteiger partial charge is 0.176 e. The first kappa shape index (κ1) is 11.7. The van der Waals surface area contributed by atoms with E-state index in [4.69, 9.17) is 0 Å². The van der Waals surface area contributed by atoms with Gasteiger partial charge in [0, 0.05) is 17.3 Å². The van der Waals surface area contributed by atoms with Gasteiger partial charge in [0.1, 0.15) is 5.84 Å². The summed E-state index contributed by atoms with van der Waals surface area (Å²) in [5.41, 5.74) is 5.81. The van der Waals surface area contributed by atoms with Crippen molar-refractivity contribution in [3.63, 3.8) is 0 Å². The zero-order valence-corrected chi connectivity index (χ0v) is 11.3. The first-order valence-corrected chi connectivity index (χ1v) is 6.29. The topological polar surface area (TPSA) is 53.1 Å². The van der Waals surface area contributed by atoms with Crippen molar-refractivity contribution in [3.05, 3.63) is 47.2 Å². The molecule has 0 amide bonds. The molecular weight excluding hydrogens is 236 g/mol. The lowest BCUT2D eigenvalue weighted by Gasteiger charge is -2.14. The second-order valence-corrected chi connectivity index (χ2v) is 4.86. The van der Waals surface area contributed by atoms with E-state index in [1.165, 1.54) is 16.7 Å². The Labute approximate surface area is 112 Å². The van der Waals surface area contributed by atoms with Gasteiger partial charge in [-0.3, -0.25) is 5.10 Å². The first-order chi connectivity index (χ1) is 9.13. The van der Waals surface area contributed by atoms with Crippen LogP contribution in [0.4, 0.5) is 5.82 Å². The van der Waals surface area contributed by atoms with Crippen molar-refractivity contribution in [1.82, 2.24) is 15.5 Å². The Hall–Kier alpha value is -2.36. The zero-order valence-electron chi connectivity index (χ0n) is 11.3. The highest BCUT2D eigenvalue weighted by Crippen LogP contribution is 2.27. The number of amidine groups is 1. The Bertz CT molecular complexity index is 672. The second kappa shape index (κ2) is 4.39. The van der Waals surface area contributed by atoms with Crippen LogP contribution in [0, 0.1) is 13.8 Å². The maximum atomic E-state index is 4.41.